The van der Waals surface area contributed by atoms with Crippen molar-refractivity contribution in [2.24, 2.45) is 13.0 Å². The number of nitrogens with zero attached hydrogens (tertiary/aromatic N) is 6. The molecular formula is C16H20F2N6O. The molecule has 1 saturated heterocycles. The van der Waals surface area contributed by atoms with Crippen molar-refractivity contribution in [3.63, 3.8) is 0 Å². The van der Waals surface area contributed by atoms with E-state index in [0.717, 1.165) is 19.4 Å². The van der Waals surface area contributed by atoms with E-state index in [4.69, 9.17) is 0 Å². The van der Waals surface area contributed by atoms with Crippen molar-refractivity contribution in [3.8, 4) is 0 Å². The SMILES string of the molecule is Cc1cc(C(=O)N2CC(F)(F)C[C@H]2c2nncn2CC2CC2)n(C)n1. The summed E-state index contributed by atoms with van der Waals surface area (Å²) in [5.74, 6) is -2.40. The van der Waals surface area contributed by atoms with Gasteiger partial charge in [-0.05, 0) is 31.7 Å². The maximum Gasteiger partial charge on any atom is 0.272 e. The third-order valence-electron chi connectivity index (χ3n) is 4.85. The number of carbonyl (C=O) groups is 1. The molecule has 25 heavy (non-hydrogen) atoms. The highest BCUT2D eigenvalue weighted by atomic mass is 19.3. The zero-order valence-corrected chi connectivity index (χ0v) is 14.2. The standard InChI is InChI=1S/C16H20F2N6O/c1-10-5-12(22(2)21-10)15(25)24-8-16(17,18)6-13(24)14-20-19-9-23(14)7-11-3-4-11/h5,9,11,13H,3-4,6-8H2,1-2H3/t13-/m0/s1. The second-order valence-electron chi connectivity index (χ2n) is 7.09. The summed E-state index contributed by atoms with van der Waals surface area (Å²) in [6.45, 7) is 1.87. The van der Waals surface area contributed by atoms with Crippen molar-refractivity contribution in [2.75, 3.05) is 6.54 Å². The molecule has 1 aliphatic carbocycles. The Hall–Kier alpha value is -2.32. The number of hydrogen-bond donors (Lipinski definition) is 0. The van der Waals surface area contributed by atoms with E-state index < -0.39 is 30.8 Å². The van der Waals surface area contributed by atoms with Crippen LogP contribution in [0, 0.1) is 12.8 Å². The first-order valence-corrected chi connectivity index (χ1v) is 8.41. The van der Waals surface area contributed by atoms with Gasteiger partial charge in [0.25, 0.3) is 11.8 Å². The van der Waals surface area contributed by atoms with Crippen molar-refractivity contribution in [3.05, 3.63) is 29.6 Å². The molecule has 0 unspecified atom stereocenters. The maximum atomic E-state index is 14.2. The Morgan fingerprint density at radius 2 is 2.16 bits per heavy atom. The van der Waals surface area contributed by atoms with Gasteiger partial charge in [0.2, 0.25) is 0 Å². The minimum absolute atomic E-state index is 0.299. The highest BCUT2D eigenvalue weighted by molar-refractivity contribution is 5.93. The zero-order chi connectivity index (χ0) is 17.8. The molecule has 0 spiro atoms. The van der Waals surface area contributed by atoms with E-state index in [0.29, 0.717) is 23.1 Å². The lowest BCUT2D eigenvalue weighted by Crippen LogP contribution is -2.35. The number of alkyl halides is 2. The lowest BCUT2D eigenvalue weighted by molar-refractivity contribution is 0.0116. The van der Waals surface area contributed by atoms with E-state index in [1.807, 2.05) is 4.57 Å². The lowest BCUT2D eigenvalue weighted by atomic mass is 10.1. The molecule has 2 aromatic rings. The average molecular weight is 350 g/mol. The van der Waals surface area contributed by atoms with Gasteiger partial charge in [0.05, 0.1) is 18.3 Å². The highest BCUT2D eigenvalue weighted by Gasteiger charge is 2.50. The zero-order valence-electron chi connectivity index (χ0n) is 14.2. The molecule has 0 radical (unpaired) electrons. The minimum atomic E-state index is -2.94. The van der Waals surface area contributed by atoms with Crippen molar-refractivity contribution in [2.45, 2.75) is 44.7 Å². The summed E-state index contributed by atoms with van der Waals surface area (Å²) in [6.07, 6.45) is 3.41. The number of hydrogen-bond acceptors (Lipinski definition) is 4. The van der Waals surface area contributed by atoms with Gasteiger partial charge in [-0.2, -0.15) is 5.10 Å². The molecule has 1 saturated carbocycles. The molecule has 0 N–H and O–H groups in total. The van der Waals surface area contributed by atoms with Crippen LogP contribution in [0.1, 0.15) is 47.3 Å². The smallest absolute Gasteiger partial charge is 0.272 e. The van der Waals surface area contributed by atoms with Crippen LogP contribution in [-0.4, -0.2) is 47.8 Å². The Morgan fingerprint density at radius 3 is 2.80 bits per heavy atom. The molecule has 134 valence electrons. The van der Waals surface area contributed by atoms with Gasteiger partial charge in [0.15, 0.2) is 5.82 Å². The molecule has 4 rings (SSSR count). The molecule has 0 bridgehead atoms. The van der Waals surface area contributed by atoms with Crippen LogP contribution in [0.15, 0.2) is 12.4 Å². The second kappa shape index (κ2) is 5.60. The average Bonchev–Trinajstić information content (AvgIpc) is 2.96. The van der Waals surface area contributed by atoms with E-state index in [1.54, 1.807) is 26.4 Å². The molecule has 1 amide bonds. The fraction of sp³-hybridized carbons (Fsp3) is 0.625. The summed E-state index contributed by atoms with van der Waals surface area (Å²) in [4.78, 5) is 14.1. The molecule has 1 atom stereocenters. The Morgan fingerprint density at radius 1 is 1.40 bits per heavy atom. The van der Waals surface area contributed by atoms with Gasteiger partial charge in [-0.3, -0.25) is 9.48 Å². The van der Waals surface area contributed by atoms with Crippen molar-refractivity contribution < 1.29 is 13.6 Å². The third-order valence-corrected chi connectivity index (χ3v) is 4.85. The third kappa shape index (κ3) is 3.03. The van der Waals surface area contributed by atoms with Crippen LogP contribution in [0.25, 0.3) is 0 Å². The summed E-state index contributed by atoms with van der Waals surface area (Å²) in [7, 11) is 1.64. The van der Waals surface area contributed by atoms with Crippen molar-refractivity contribution in [1.29, 1.82) is 0 Å². The van der Waals surface area contributed by atoms with E-state index >= 15 is 0 Å². The van der Waals surface area contributed by atoms with Crippen LogP contribution in [0.5, 0.6) is 0 Å². The second-order valence-corrected chi connectivity index (χ2v) is 7.09. The number of halogens is 2. The van der Waals surface area contributed by atoms with E-state index in [2.05, 4.69) is 15.3 Å². The van der Waals surface area contributed by atoms with Crippen LogP contribution < -0.4 is 0 Å². The largest absolute Gasteiger partial charge is 0.321 e. The number of aromatic nitrogens is 5. The summed E-state index contributed by atoms with van der Waals surface area (Å²) < 4.78 is 31.6. The Bertz CT molecular complexity index is 809. The van der Waals surface area contributed by atoms with Crippen LogP contribution >= 0.6 is 0 Å². The van der Waals surface area contributed by atoms with Gasteiger partial charge in [0, 0.05) is 20.0 Å². The topological polar surface area (TPSA) is 68.8 Å². The normalized spacial score (nSPS) is 22.6. The number of aryl methyl sites for hydroxylation is 2. The number of amides is 1. The molecular weight excluding hydrogens is 330 g/mol. The maximum absolute atomic E-state index is 14.2. The van der Waals surface area contributed by atoms with Crippen molar-refractivity contribution in [1.82, 2.24) is 29.4 Å². The fourth-order valence-electron chi connectivity index (χ4n) is 3.46. The van der Waals surface area contributed by atoms with E-state index in [1.165, 1.54) is 9.58 Å². The predicted octanol–water partition coefficient (Wildman–Crippen LogP) is 1.95. The fourth-order valence-corrected chi connectivity index (χ4v) is 3.46. The van der Waals surface area contributed by atoms with Gasteiger partial charge >= 0.3 is 0 Å². The number of carbonyl (C=O) groups excluding carboxylic acids is 1. The predicted molar refractivity (Wildman–Crippen MR) is 84.0 cm³/mol. The monoisotopic (exact) mass is 350 g/mol. The first-order chi connectivity index (χ1) is 11.8. The van der Waals surface area contributed by atoms with Gasteiger partial charge in [-0.1, -0.05) is 0 Å². The van der Waals surface area contributed by atoms with Gasteiger partial charge in [0.1, 0.15) is 12.0 Å². The van der Waals surface area contributed by atoms with Crippen LogP contribution in [-0.2, 0) is 13.6 Å². The highest BCUT2D eigenvalue weighted by Crippen LogP contribution is 2.41. The molecule has 3 heterocycles. The molecule has 0 aromatic carbocycles. The molecule has 2 aliphatic rings. The molecule has 2 fully saturated rings. The number of rotatable bonds is 4. The molecule has 2 aromatic heterocycles. The first kappa shape index (κ1) is 16.2. The quantitative estimate of drug-likeness (QED) is 0.845. The molecule has 7 nitrogen and oxygen atoms in total. The van der Waals surface area contributed by atoms with E-state index in [9.17, 15) is 13.6 Å². The van der Waals surface area contributed by atoms with Crippen LogP contribution in [0.3, 0.4) is 0 Å². The van der Waals surface area contributed by atoms with Gasteiger partial charge < -0.3 is 9.47 Å². The van der Waals surface area contributed by atoms with Gasteiger partial charge in [-0.25, -0.2) is 8.78 Å². The lowest BCUT2D eigenvalue weighted by Gasteiger charge is -2.23. The summed E-state index contributed by atoms with van der Waals surface area (Å²) in [5, 5.41) is 12.1. The summed E-state index contributed by atoms with van der Waals surface area (Å²) >= 11 is 0. The van der Waals surface area contributed by atoms with E-state index in [-0.39, 0.29) is 0 Å². The summed E-state index contributed by atoms with van der Waals surface area (Å²) in [6, 6.07) is 0.837. The molecule has 1 aliphatic heterocycles. The van der Waals surface area contributed by atoms with Crippen molar-refractivity contribution >= 4 is 5.91 Å². The van der Waals surface area contributed by atoms with Crippen LogP contribution in [0.4, 0.5) is 8.78 Å². The Balaban J connectivity index is 1.66. The Kier molecular flexibility index (Phi) is 3.62. The Labute approximate surface area is 143 Å². The van der Waals surface area contributed by atoms with Gasteiger partial charge in [-0.15, -0.1) is 10.2 Å². The summed E-state index contributed by atoms with van der Waals surface area (Å²) in [5.41, 5.74) is 0.971. The van der Waals surface area contributed by atoms with Crippen LogP contribution in [0.2, 0.25) is 0 Å². The minimum Gasteiger partial charge on any atom is -0.321 e. The first-order valence-electron chi connectivity index (χ1n) is 8.41. The number of likely N-dealkylation sites (tertiary alicyclic amines) is 1. The molecule has 9 heteroatoms.